The Balaban J connectivity index is 1.44. The predicted octanol–water partition coefficient (Wildman–Crippen LogP) is 1.62. The van der Waals surface area contributed by atoms with Crippen LogP contribution in [0.15, 0.2) is 58.3 Å². The van der Waals surface area contributed by atoms with Gasteiger partial charge in [-0.1, -0.05) is 35.0 Å². The average molecular weight is 444 g/mol. The molecule has 0 aliphatic carbocycles. The maximum Gasteiger partial charge on any atom is 0.272 e. The lowest BCUT2D eigenvalue weighted by atomic mass is 10.0. The van der Waals surface area contributed by atoms with Crippen molar-refractivity contribution in [2.24, 2.45) is 17.9 Å². The third kappa shape index (κ3) is 3.99. The number of amides is 2. The summed E-state index contributed by atoms with van der Waals surface area (Å²) < 4.78 is 6.91. The first-order chi connectivity index (χ1) is 16.0. The molecular weight excluding hydrogens is 422 g/mol. The lowest BCUT2D eigenvalue weighted by Crippen LogP contribution is -2.36. The van der Waals surface area contributed by atoms with E-state index < -0.39 is 6.04 Å². The number of carbonyl (C=O) groups is 2. The van der Waals surface area contributed by atoms with Crippen LogP contribution in [0.5, 0.6) is 0 Å². The highest BCUT2D eigenvalue weighted by Crippen LogP contribution is 2.34. The van der Waals surface area contributed by atoms with Crippen molar-refractivity contribution in [1.82, 2.24) is 15.7 Å². The maximum absolute atomic E-state index is 12.7. The molecule has 0 spiro atoms. The molecule has 2 aromatic carbocycles. The van der Waals surface area contributed by atoms with Gasteiger partial charge < -0.3 is 16.0 Å². The van der Waals surface area contributed by atoms with Crippen molar-refractivity contribution in [1.29, 1.82) is 0 Å². The third-order valence-electron chi connectivity index (χ3n) is 5.55. The van der Waals surface area contributed by atoms with E-state index in [9.17, 15) is 9.59 Å². The summed E-state index contributed by atoms with van der Waals surface area (Å²) in [6.45, 7) is 0. The number of hydrogen-bond donors (Lipinski definition) is 4. The van der Waals surface area contributed by atoms with Crippen LogP contribution in [0, 0.1) is 0 Å². The summed E-state index contributed by atoms with van der Waals surface area (Å²) in [5, 5.41) is 11.4. The van der Waals surface area contributed by atoms with Gasteiger partial charge in [0.1, 0.15) is 5.69 Å². The number of H-pyrrole nitrogens is 1. The fraction of sp³-hybridized carbons (Fsp3) is 0.174. The fourth-order valence-electron chi connectivity index (χ4n) is 3.92. The quantitative estimate of drug-likeness (QED) is 0.334. The molecule has 166 valence electrons. The zero-order valence-corrected chi connectivity index (χ0v) is 17.8. The van der Waals surface area contributed by atoms with Crippen molar-refractivity contribution in [3.63, 3.8) is 0 Å². The molecule has 0 saturated carbocycles. The summed E-state index contributed by atoms with van der Waals surface area (Å²) in [7, 11) is 1.74. The topological polar surface area (TPSA) is 142 Å². The van der Waals surface area contributed by atoms with Crippen molar-refractivity contribution in [2.45, 2.75) is 18.9 Å². The van der Waals surface area contributed by atoms with E-state index in [2.05, 4.69) is 26.1 Å². The molecule has 1 aliphatic heterocycles. The Kier molecular flexibility index (Phi) is 5.19. The van der Waals surface area contributed by atoms with Crippen LogP contribution >= 0.6 is 0 Å². The molecule has 0 saturated heterocycles. The van der Waals surface area contributed by atoms with Gasteiger partial charge in [-0.05, 0) is 30.5 Å². The van der Waals surface area contributed by atoms with Crippen LogP contribution in [0.25, 0.3) is 22.4 Å². The molecular formula is C23H22N7O3+. The summed E-state index contributed by atoms with van der Waals surface area (Å²) in [6.07, 6.45) is 4.46. The summed E-state index contributed by atoms with van der Waals surface area (Å²) in [4.78, 5) is 28.7. The van der Waals surface area contributed by atoms with E-state index in [1.165, 1.54) is 4.68 Å². The van der Waals surface area contributed by atoms with Crippen molar-refractivity contribution >= 4 is 34.6 Å². The van der Waals surface area contributed by atoms with Crippen LogP contribution < -0.4 is 21.2 Å². The molecule has 2 amide bonds. The van der Waals surface area contributed by atoms with Crippen molar-refractivity contribution < 1.29 is 18.8 Å². The number of aryl methyl sites for hydroxylation is 2. The van der Waals surface area contributed by atoms with Gasteiger partial charge in [0.25, 0.3) is 11.7 Å². The molecule has 10 heteroatoms. The van der Waals surface area contributed by atoms with Crippen molar-refractivity contribution in [3.05, 3.63) is 65.4 Å². The SMILES string of the molecule is C[n+]1cc(-c2[nH]c3cc(NC(=O)[C@H](N)CCc4ccccc4)cc4c3c2C=NNC4=O)on1. The highest BCUT2D eigenvalue weighted by Gasteiger charge is 2.25. The second-order valence-electron chi connectivity index (χ2n) is 7.92. The lowest BCUT2D eigenvalue weighted by Gasteiger charge is -2.13. The molecule has 33 heavy (non-hydrogen) atoms. The third-order valence-corrected chi connectivity index (χ3v) is 5.55. The summed E-state index contributed by atoms with van der Waals surface area (Å²) >= 11 is 0. The van der Waals surface area contributed by atoms with E-state index in [4.69, 9.17) is 10.3 Å². The number of benzene rings is 2. The van der Waals surface area contributed by atoms with E-state index in [0.29, 0.717) is 52.0 Å². The van der Waals surface area contributed by atoms with Gasteiger partial charge in [-0.3, -0.25) is 14.1 Å². The molecule has 1 atom stereocenters. The smallest absolute Gasteiger partial charge is 0.272 e. The van der Waals surface area contributed by atoms with Gasteiger partial charge >= 0.3 is 0 Å². The molecule has 0 bridgehead atoms. The minimum Gasteiger partial charge on any atom is -0.351 e. The fourth-order valence-corrected chi connectivity index (χ4v) is 3.92. The summed E-state index contributed by atoms with van der Waals surface area (Å²) in [5.41, 5.74) is 12.5. The standard InChI is InChI=1S/C23H21N7O3/c1-30-12-19(33-29-30)21-16-11-25-28-22(31)15-9-14(10-18(27-21)20(15)16)26-23(32)17(24)8-7-13-5-3-2-4-6-13/h2-6,9-12,17,29H,7-8,24H2,1H3,(H,26,28,31,32)/p+1/t17-/m1/s1. The Labute approximate surface area is 188 Å². The summed E-state index contributed by atoms with van der Waals surface area (Å²) in [5.74, 6) is -0.214. The number of nitrogens with two attached hydrogens (primary N) is 1. The Bertz CT molecular complexity index is 1390. The van der Waals surface area contributed by atoms with Crippen molar-refractivity contribution in [3.8, 4) is 11.5 Å². The number of hydrogen-bond acceptors (Lipinski definition) is 6. The van der Waals surface area contributed by atoms with Crippen LogP contribution in [0.2, 0.25) is 0 Å². The van der Waals surface area contributed by atoms with Crippen LogP contribution in [0.4, 0.5) is 5.69 Å². The van der Waals surface area contributed by atoms with Gasteiger partial charge in [-0.15, -0.1) is 0 Å². The minimum atomic E-state index is -0.693. The van der Waals surface area contributed by atoms with Gasteiger partial charge in [0.15, 0.2) is 12.3 Å². The molecule has 0 fully saturated rings. The molecule has 5 N–H and O–H groups in total. The van der Waals surface area contributed by atoms with Crippen LogP contribution in [0.1, 0.15) is 27.9 Å². The first-order valence-corrected chi connectivity index (χ1v) is 10.5. The maximum atomic E-state index is 12.7. The number of carbonyl (C=O) groups excluding carboxylic acids is 2. The molecule has 10 nitrogen and oxygen atoms in total. The van der Waals surface area contributed by atoms with E-state index in [-0.39, 0.29) is 11.8 Å². The Morgan fingerprint density at radius 2 is 2.09 bits per heavy atom. The molecule has 4 aromatic rings. The predicted molar refractivity (Wildman–Crippen MR) is 121 cm³/mol. The second kappa shape index (κ2) is 8.32. The zero-order valence-electron chi connectivity index (χ0n) is 17.8. The molecule has 0 unspecified atom stereocenters. The van der Waals surface area contributed by atoms with Gasteiger partial charge in [0.2, 0.25) is 12.1 Å². The van der Waals surface area contributed by atoms with Gasteiger partial charge in [0.05, 0.1) is 17.8 Å². The average Bonchev–Trinajstić information content (AvgIpc) is 3.36. The van der Waals surface area contributed by atoms with Gasteiger partial charge in [-0.25, -0.2) is 5.43 Å². The summed E-state index contributed by atoms with van der Waals surface area (Å²) in [6, 6.07) is 12.5. The number of nitrogens with one attached hydrogen (secondary N) is 3. The number of nitrogens with zero attached hydrogens (tertiary/aromatic N) is 3. The van der Waals surface area contributed by atoms with E-state index in [0.717, 1.165) is 5.56 Å². The number of rotatable bonds is 6. The second-order valence-corrected chi connectivity index (χ2v) is 7.92. The van der Waals surface area contributed by atoms with Crippen molar-refractivity contribution in [2.75, 3.05) is 5.32 Å². The number of anilines is 1. The molecule has 1 aliphatic rings. The Morgan fingerprint density at radius 3 is 2.85 bits per heavy atom. The number of hydrazone groups is 1. The van der Waals surface area contributed by atoms with Crippen LogP contribution in [0.3, 0.4) is 0 Å². The molecule has 5 rings (SSSR count). The number of aromatic nitrogens is 3. The largest absolute Gasteiger partial charge is 0.351 e. The van der Waals surface area contributed by atoms with E-state index in [1.807, 2.05) is 30.3 Å². The monoisotopic (exact) mass is 444 g/mol. The first kappa shape index (κ1) is 20.6. The highest BCUT2D eigenvalue weighted by molar-refractivity contribution is 6.18. The van der Waals surface area contributed by atoms with Gasteiger partial charge in [0, 0.05) is 22.2 Å². The normalized spacial score (nSPS) is 13.6. The Hall–Kier alpha value is -4.31. The Morgan fingerprint density at radius 1 is 1.27 bits per heavy atom. The van der Waals surface area contributed by atoms with Crippen LogP contribution in [-0.4, -0.2) is 34.3 Å². The lowest BCUT2D eigenvalue weighted by molar-refractivity contribution is -0.739. The molecule has 0 radical (unpaired) electrons. The van der Waals surface area contributed by atoms with Crippen LogP contribution in [-0.2, 0) is 18.3 Å². The molecule has 2 aromatic heterocycles. The van der Waals surface area contributed by atoms with E-state index in [1.54, 1.807) is 31.6 Å². The van der Waals surface area contributed by atoms with E-state index >= 15 is 0 Å². The minimum absolute atomic E-state index is 0.322. The highest BCUT2D eigenvalue weighted by atomic mass is 16.5. The first-order valence-electron chi connectivity index (χ1n) is 10.5. The molecule has 3 heterocycles. The van der Waals surface area contributed by atoms with Gasteiger partial charge in [-0.2, -0.15) is 5.10 Å². The zero-order chi connectivity index (χ0) is 22.9. The number of aromatic amines is 1.